The fourth-order valence-corrected chi connectivity index (χ4v) is 4.01. The first-order valence-corrected chi connectivity index (χ1v) is 10.7. The standard InChI is InChI=1S/C23H28N8O/c1-24-10-12-29(2)23-25-9-8-21(28-23)31-11-4-5-18(31)14-22(32)26-15-17-6-7-20-19(13-17)27-16-30(20)3/h6-10,12-13,16,18H,1,4-5,11,14-15H2,2-3H3,(H,26,32)/b12-10-/t18-/m1/s1. The molecule has 1 aromatic carbocycles. The maximum Gasteiger partial charge on any atom is 0.231 e. The molecule has 3 heterocycles. The highest BCUT2D eigenvalue weighted by Gasteiger charge is 2.28. The normalized spacial score (nSPS) is 16.1. The maximum absolute atomic E-state index is 12.7. The summed E-state index contributed by atoms with van der Waals surface area (Å²) in [4.78, 5) is 33.8. The number of rotatable bonds is 8. The number of nitrogens with one attached hydrogen (secondary N) is 1. The van der Waals surface area contributed by atoms with Gasteiger partial charge in [0.2, 0.25) is 11.9 Å². The van der Waals surface area contributed by atoms with Crippen LogP contribution in [-0.2, 0) is 18.4 Å². The molecule has 166 valence electrons. The molecule has 2 aromatic heterocycles. The van der Waals surface area contributed by atoms with Crippen LogP contribution >= 0.6 is 0 Å². The molecule has 0 aliphatic carbocycles. The number of hydrogen-bond donors (Lipinski definition) is 1. The van der Waals surface area contributed by atoms with Crippen LogP contribution in [0.5, 0.6) is 0 Å². The van der Waals surface area contributed by atoms with Gasteiger partial charge in [-0.2, -0.15) is 4.98 Å². The van der Waals surface area contributed by atoms with Gasteiger partial charge in [0.05, 0.1) is 17.4 Å². The summed E-state index contributed by atoms with van der Waals surface area (Å²) in [7, 11) is 3.83. The third-order valence-electron chi connectivity index (χ3n) is 5.71. The number of anilines is 2. The summed E-state index contributed by atoms with van der Waals surface area (Å²) < 4.78 is 1.98. The van der Waals surface area contributed by atoms with Crippen molar-refractivity contribution in [1.82, 2.24) is 24.8 Å². The fraction of sp³-hybridized carbons (Fsp3) is 0.348. The number of aliphatic imine (C=N–C) groups is 1. The second kappa shape index (κ2) is 9.59. The van der Waals surface area contributed by atoms with Gasteiger partial charge in [-0.1, -0.05) is 6.07 Å². The average Bonchev–Trinajstić information content (AvgIpc) is 3.42. The Morgan fingerprint density at radius 1 is 1.38 bits per heavy atom. The van der Waals surface area contributed by atoms with Gasteiger partial charge in [0.1, 0.15) is 5.82 Å². The highest BCUT2D eigenvalue weighted by atomic mass is 16.1. The van der Waals surface area contributed by atoms with E-state index in [4.69, 9.17) is 0 Å². The van der Waals surface area contributed by atoms with Crippen LogP contribution in [0.4, 0.5) is 11.8 Å². The molecule has 9 nitrogen and oxygen atoms in total. The van der Waals surface area contributed by atoms with E-state index in [0.717, 1.165) is 41.8 Å². The molecule has 0 unspecified atom stereocenters. The molecule has 4 rings (SSSR count). The lowest BCUT2D eigenvalue weighted by Crippen LogP contribution is -2.35. The Kier molecular flexibility index (Phi) is 6.44. The van der Waals surface area contributed by atoms with E-state index < -0.39 is 0 Å². The topological polar surface area (TPSA) is 91.5 Å². The molecule has 1 amide bonds. The summed E-state index contributed by atoms with van der Waals surface area (Å²) >= 11 is 0. The highest BCUT2D eigenvalue weighted by Crippen LogP contribution is 2.26. The molecule has 1 aliphatic heterocycles. The zero-order chi connectivity index (χ0) is 22.5. The molecule has 1 fully saturated rings. The monoisotopic (exact) mass is 432 g/mol. The maximum atomic E-state index is 12.7. The molecule has 32 heavy (non-hydrogen) atoms. The van der Waals surface area contributed by atoms with E-state index in [1.807, 2.05) is 42.9 Å². The second-order valence-corrected chi connectivity index (χ2v) is 7.96. The SMILES string of the molecule is C=N/C=C\N(C)c1nccc(N2CCC[C@@H]2CC(=O)NCc2ccc3c(c2)ncn3C)n1. The van der Waals surface area contributed by atoms with Crippen LogP contribution in [0.15, 0.2) is 54.2 Å². The zero-order valence-corrected chi connectivity index (χ0v) is 18.5. The number of fused-ring (bicyclic) bond motifs is 1. The van der Waals surface area contributed by atoms with Crippen LogP contribution in [0.2, 0.25) is 0 Å². The lowest BCUT2D eigenvalue weighted by molar-refractivity contribution is -0.121. The number of aryl methyl sites for hydroxylation is 1. The Morgan fingerprint density at radius 2 is 2.25 bits per heavy atom. The van der Waals surface area contributed by atoms with E-state index in [1.54, 1.807) is 29.8 Å². The number of benzene rings is 1. The Balaban J connectivity index is 1.37. The Morgan fingerprint density at radius 3 is 3.09 bits per heavy atom. The van der Waals surface area contributed by atoms with Crippen molar-refractivity contribution in [3.05, 3.63) is 54.8 Å². The predicted molar refractivity (Wildman–Crippen MR) is 127 cm³/mol. The van der Waals surface area contributed by atoms with Crippen LogP contribution in [0.1, 0.15) is 24.8 Å². The molecular weight excluding hydrogens is 404 g/mol. The van der Waals surface area contributed by atoms with Crippen molar-refractivity contribution < 1.29 is 4.79 Å². The van der Waals surface area contributed by atoms with E-state index in [0.29, 0.717) is 18.9 Å². The molecule has 0 radical (unpaired) electrons. The summed E-state index contributed by atoms with van der Waals surface area (Å²) in [5.74, 6) is 1.44. The van der Waals surface area contributed by atoms with Gasteiger partial charge in [0, 0.05) is 58.2 Å². The van der Waals surface area contributed by atoms with Crippen molar-refractivity contribution in [2.45, 2.75) is 31.8 Å². The van der Waals surface area contributed by atoms with Crippen molar-refractivity contribution in [2.75, 3.05) is 23.4 Å². The summed E-state index contributed by atoms with van der Waals surface area (Å²) in [6.07, 6.45) is 9.30. The van der Waals surface area contributed by atoms with E-state index in [-0.39, 0.29) is 11.9 Å². The average molecular weight is 433 g/mol. The minimum Gasteiger partial charge on any atom is -0.353 e. The summed E-state index contributed by atoms with van der Waals surface area (Å²) in [5.41, 5.74) is 3.05. The van der Waals surface area contributed by atoms with Gasteiger partial charge in [0.25, 0.3) is 0 Å². The van der Waals surface area contributed by atoms with Crippen LogP contribution in [0.3, 0.4) is 0 Å². The minimum atomic E-state index is 0.0365. The molecule has 0 spiro atoms. The summed E-state index contributed by atoms with van der Waals surface area (Å²) in [5, 5.41) is 3.06. The zero-order valence-electron chi connectivity index (χ0n) is 18.5. The molecule has 0 bridgehead atoms. The molecule has 0 saturated carbocycles. The van der Waals surface area contributed by atoms with E-state index in [9.17, 15) is 4.79 Å². The first kappa shape index (κ1) is 21.5. The first-order valence-electron chi connectivity index (χ1n) is 10.7. The molecule has 3 aromatic rings. The number of aromatic nitrogens is 4. The number of carbonyl (C=O) groups is 1. The van der Waals surface area contributed by atoms with E-state index in [2.05, 4.69) is 36.9 Å². The first-order chi connectivity index (χ1) is 15.5. The van der Waals surface area contributed by atoms with E-state index in [1.165, 1.54) is 0 Å². The molecular formula is C23H28N8O. The van der Waals surface area contributed by atoms with Crippen LogP contribution < -0.4 is 15.1 Å². The van der Waals surface area contributed by atoms with Crippen LogP contribution in [-0.4, -0.2) is 51.8 Å². The smallest absolute Gasteiger partial charge is 0.231 e. The van der Waals surface area contributed by atoms with Gasteiger partial charge < -0.3 is 19.7 Å². The van der Waals surface area contributed by atoms with Gasteiger partial charge in [-0.15, -0.1) is 0 Å². The molecule has 1 atom stereocenters. The van der Waals surface area contributed by atoms with Crippen molar-refractivity contribution in [3.63, 3.8) is 0 Å². The molecule has 1 N–H and O–H groups in total. The molecule has 1 saturated heterocycles. The van der Waals surface area contributed by atoms with Crippen molar-refractivity contribution in [2.24, 2.45) is 12.0 Å². The summed E-state index contributed by atoms with van der Waals surface area (Å²) in [6, 6.07) is 8.10. The third kappa shape index (κ3) is 4.77. The predicted octanol–water partition coefficient (Wildman–Crippen LogP) is 2.65. The number of imidazole rings is 1. The Bertz CT molecular complexity index is 1140. The molecule has 9 heteroatoms. The Labute approximate surface area is 187 Å². The number of carbonyl (C=O) groups excluding carboxylic acids is 1. The lowest BCUT2D eigenvalue weighted by atomic mass is 10.1. The fourth-order valence-electron chi connectivity index (χ4n) is 4.01. The van der Waals surface area contributed by atoms with E-state index >= 15 is 0 Å². The number of amides is 1. The summed E-state index contributed by atoms with van der Waals surface area (Å²) in [6.45, 7) is 4.80. The van der Waals surface area contributed by atoms with Gasteiger partial charge in [-0.05, 0) is 43.3 Å². The molecule has 1 aliphatic rings. The van der Waals surface area contributed by atoms with Gasteiger partial charge >= 0.3 is 0 Å². The largest absolute Gasteiger partial charge is 0.353 e. The minimum absolute atomic E-state index is 0.0365. The van der Waals surface area contributed by atoms with Crippen LogP contribution in [0.25, 0.3) is 11.0 Å². The number of hydrogen-bond acceptors (Lipinski definition) is 7. The van der Waals surface area contributed by atoms with Gasteiger partial charge in [0.15, 0.2) is 0 Å². The third-order valence-corrected chi connectivity index (χ3v) is 5.71. The van der Waals surface area contributed by atoms with Crippen molar-refractivity contribution in [3.8, 4) is 0 Å². The van der Waals surface area contributed by atoms with Crippen molar-refractivity contribution >= 4 is 35.4 Å². The lowest BCUT2D eigenvalue weighted by Gasteiger charge is -2.26. The second-order valence-electron chi connectivity index (χ2n) is 7.96. The van der Waals surface area contributed by atoms with Gasteiger partial charge in [-0.3, -0.25) is 9.79 Å². The Hall–Kier alpha value is -3.75. The van der Waals surface area contributed by atoms with Gasteiger partial charge in [-0.25, -0.2) is 9.97 Å². The van der Waals surface area contributed by atoms with Crippen molar-refractivity contribution in [1.29, 1.82) is 0 Å². The highest BCUT2D eigenvalue weighted by molar-refractivity contribution is 5.78. The van der Waals surface area contributed by atoms with Crippen LogP contribution in [0, 0.1) is 0 Å². The number of nitrogens with zero attached hydrogens (tertiary/aromatic N) is 7. The quantitative estimate of drug-likeness (QED) is 0.550.